The fraction of sp³-hybridized carbons (Fsp3) is 0.0476. The molecule has 10 heteroatoms. The molecule has 1 aliphatic rings. The summed E-state index contributed by atoms with van der Waals surface area (Å²) in [6.07, 6.45) is 2.82. The topological polar surface area (TPSA) is 127 Å². The molecule has 1 saturated heterocycles. The van der Waals surface area contributed by atoms with E-state index < -0.39 is 28.4 Å². The molecule has 0 bridgehead atoms. The Balaban J connectivity index is 1.92. The zero-order chi connectivity index (χ0) is 22.1. The lowest BCUT2D eigenvalue weighted by molar-refractivity contribution is -0.384. The standard InChI is InChI=1S/C21H13ClN4O5/c22-14-6-2-13(3-7-14)18(27)16-17(12-4-8-15(9-5-12)26(30)31)25(20(29)19(16)28)21-23-10-1-11-24-21/h1-11,17,27H/t17-/m0/s1. The zero-order valence-corrected chi connectivity index (χ0v) is 16.4. The van der Waals surface area contributed by atoms with Crippen LogP contribution >= 0.6 is 11.6 Å². The van der Waals surface area contributed by atoms with Crippen molar-refractivity contribution in [3.63, 3.8) is 0 Å². The first-order chi connectivity index (χ1) is 14.9. The fourth-order valence-electron chi connectivity index (χ4n) is 3.31. The first-order valence-corrected chi connectivity index (χ1v) is 9.34. The zero-order valence-electron chi connectivity index (χ0n) is 15.7. The molecule has 9 nitrogen and oxygen atoms in total. The highest BCUT2D eigenvalue weighted by molar-refractivity contribution is 6.51. The average Bonchev–Trinajstić information content (AvgIpc) is 3.05. The number of ketones is 1. The number of amides is 1. The highest BCUT2D eigenvalue weighted by Crippen LogP contribution is 2.41. The van der Waals surface area contributed by atoms with Crippen molar-refractivity contribution in [2.45, 2.75) is 6.04 Å². The Labute approximate surface area is 180 Å². The molecule has 0 spiro atoms. The lowest BCUT2D eigenvalue weighted by atomic mass is 9.95. The molecule has 1 aromatic heterocycles. The van der Waals surface area contributed by atoms with Crippen molar-refractivity contribution in [2.24, 2.45) is 0 Å². The summed E-state index contributed by atoms with van der Waals surface area (Å²) in [5.41, 5.74) is 0.305. The van der Waals surface area contributed by atoms with Gasteiger partial charge in [0.15, 0.2) is 0 Å². The highest BCUT2D eigenvalue weighted by atomic mass is 35.5. The van der Waals surface area contributed by atoms with E-state index in [9.17, 15) is 24.8 Å². The second-order valence-corrected chi connectivity index (χ2v) is 7.01. The molecule has 2 aromatic carbocycles. The summed E-state index contributed by atoms with van der Waals surface area (Å²) in [5, 5.41) is 22.4. The number of nitro benzene ring substituents is 1. The molecule has 31 heavy (non-hydrogen) atoms. The van der Waals surface area contributed by atoms with Gasteiger partial charge in [-0.3, -0.25) is 24.6 Å². The van der Waals surface area contributed by atoms with Gasteiger partial charge in [-0.05, 0) is 48.0 Å². The monoisotopic (exact) mass is 436 g/mol. The van der Waals surface area contributed by atoms with Gasteiger partial charge < -0.3 is 5.11 Å². The maximum atomic E-state index is 12.9. The van der Waals surface area contributed by atoms with Crippen LogP contribution in [0.15, 0.2) is 72.6 Å². The van der Waals surface area contributed by atoms with E-state index in [-0.39, 0.29) is 22.8 Å². The predicted octanol–water partition coefficient (Wildman–Crippen LogP) is 3.66. The number of carbonyl (C=O) groups is 2. The van der Waals surface area contributed by atoms with Gasteiger partial charge in [-0.15, -0.1) is 0 Å². The van der Waals surface area contributed by atoms with Gasteiger partial charge in [0.25, 0.3) is 11.5 Å². The Morgan fingerprint density at radius 3 is 2.23 bits per heavy atom. The molecule has 1 amide bonds. The Morgan fingerprint density at radius 1 is 1.03 bits per heavy atom. The summed E-state index contributed by atoms with van der Waals surface area (Å²) in [7, 11) is 0. The third kappa shape index (κ3) is 3.62. The third-order valence-corrected chi connectivity index (χ3v) is 5.00. The molecule has 0 radical (unpaired) electrons. The Kier molecular flexibility index (Phi) is 5.18. The molecule has 1 N–H and O–H groups in total. The number of non-ortho nitro benzene ring substituents is 1. The first-order valence-electron chi connectivity index (χ1n) is 8.97. The van der Waals surface area contributed by atoms with E-state index in [1.54, 1.807) is 6.07 Å². The van der Waals surface area contributed by atoms with Gasteiger partial charge in [-0.1, -0.05) is 11.6 Å². The van der Waals surface area contributed by atoms with Crippen LogP contribution in [-0.2, 0) is 9.59 Å². The van der Waals surface area contributed by atoms with Crippen LogP contribution < -0.4 is 4.90 Å². The van der Waals surface area contributed by atoms with Gasteiger partial charge in [0.05, 0.1) is 16.5 Å². The van der Waals surface area contributed by atoms with Crippen LogP contribution in [0.4, 0.5) is 11.6 Å². The number of nitrogens with zero attached hydrogens (tertiary/aromatic N) is 4. The number of hydrogen-bond donors (Lipinski definition) is 1. The number of benzene rings is 2. The van der Waals surface area contributed by atoms with Crippen LogP contribution in [0, 0.1) is 10.1 Å². The normalized spacial score (nSPS) is 17.7. The van der Waals surface area contributed by atoms with Crippen molar-refractivity contribution in [3.05, 3.63) is 98.8 Å². The number of rotatable bonds is 4. The van der Waals surface area contributed by atoms with E-state index in [1.165, 1.54) is 60.9 Å². The predicted molar refractivity (Wildman–Crippen MR) is 111 cm³/mol. The number of anilines is 1. The number of hydrogen-bond acceptors (Lipinski definition) is 7. The average molecular weight is 437 g/mol. The smallest absolute Gasteiger partial charge is 0.302 e. The first kappa shape index (κ1) is 20.2. The van der Waals surface area contributed by atoms with E-state index >= 15 is 0 Å². The van der Waals surface area contributed by atoms with Crippen molar-refractivity contribution < 1.29 is 19.6 Å². The molecule has 0 unspecified atom stereocenters. The van der Waals surface area contributed by atoms with Crippen molar-refractivity contribution >= 4 is 40.7 Å². The number of aliphatic hydroxyl groups excluding tert-OH is 1. The lowest BCUT2D eigenvalue weighted by Gasteiger charge is -2.23. The Hall–Kier alpha value is -4.11. The molecule has 3 aromatic rings. The molecule has 1 fully saturated rings. The maximum absolute atomic E-state index is 12.9. The van der Waals surface area contributed by atoms with Gasteiger partial charge in [-0.2, -0.15) is 0 Å². The van der Waals surface area contributed by atoms with Gasteiger partial charge in [0.1, 0.15) is 5.76 Å². The molecule has 0 aliphatic carbocycles. The quantitative estimate of drug-likeness (QED) is 0.217. The summed E-state index contributed by atoms with van der Waals surface area (Å²) in [4.78, 5) is 45.4. The molecule has 2 heterocycles. The molecule has 1 aliphatic heterocycles. The summed E-state index contributed by atoms with van der Waals surface area (Å²) in [6, 6.07) is 11.9. The van der Waals surface area contributed by atoms with Gasteiger partial charge in [0, 0.05) is 35.1 Å². The second kappa shape index (κ2) is 7.96. The molecular formula is C21H13ClN4O5. The molecular weight excluding hydrogens is 424 g/mol. The van der Waals surface area contributed by atoms with E-state index in [0.717, 1.165) is 4.90 Å². The van der Waals surface area contributed by atoms with Crippen molar-refractivity contribution in [1.29, 1.82) is 0 Å². The lowest BCUT2D eigenvalue weighted by Crippen LogP contribution is -2.31. The number of carbonyl (C=O) groups excluding carboxylic acids is 2. The van der Waals surface area contributed by atoms with Crippen molar-refractivity contribution in [1.82, 2.24) is 9.97 Å². The number of aliphatic hydroxyl groups is 1. The molecule has 154 valence electrons. The molecule has 0 saturated carbocycles. The largest absolute Gasteiger partial charge is 0.507 e. The van der Waals surface area contributed by atoms with E-state index in [0.29, 0.717) is 10.6 Å². The van der Waals surface area contributed by atoms with Crippen molar-refractivity contribution in [3.8, 4) is 0 Å². The summed E-state index contributed by atoms with van der Waals surface area (Å²) in [6.45, 7) is 0. The Bertz CT molecular complexity index is 1210. The SMILES string of the molecule is O=C1C(=O)N(c2ncccn2)[C@@H](c2ccc([N+](=O)[O-])cc2)C1=C(O)c1ccc(Cl)cc1. The van der Waals surface area contributed by atoms with E-state index in [1.807, 2.05) is 0 Å². The number of nitro groups is 1. The maximum Gasteiger partial charge on any atom is 0.302 e. The van der Waals surface area contributed by atoms with E-state index in [4.69, 9.17) is 11.6 Å². The molecule has 1 atom stereocenters. The summed E-state index contributed by atoms with van der Waals surface area (Å²) < 4.78 is 0. The second-order valence-electron chi connectivity index (χ2n) is 6.57. The van der Waals surface area contributed by atoms with Crippen molar-refractivity contribution in [2.75, 3.05) is 4.90 Å². The van der Waals surface area contributed by atoms with Crippen LogP contribution in [0.3, 0.4) is 0 Å². The van der Waals surface area contributed by atoms with E-state index in [2.05, 4.69) is 9.97 Å². The number of Topliss-reactive ketones (excluding diaryl/α,β-unsaturated/α-hetero) is 1. The van der Waals surface area contributed by atoms with Gasteiger partial charge in [-0.25, -0.2) is 9.97 Å². The minimum atomic E-state index is -1.08. The van der Waals surface area contributed by atoms with Gasteiger partial charge >= 0.3 is 5.91 Å². The summed E-state index contributed by atoms with van der Waals surface area (Å²) in [5.74, 6) is -2.30. The number of aromatic nitrogens is 2. The summed E-state index contributed by atoms with van der Waals surface area (Å²) >= 11 is 5.90. The Morgan fingerprint density at radius 2 is 1.65 bits per heavy atom. The van der Waals surface area contributed by atoms with Crippen LogP contribution in [0.1, 0.15) is 17.2 Å². The third-order valence-electron chi connectivity index (χ3n) is 4.75. The number of halogens is 1. The fourth-order valence-corrected chi connectivity index (χ4v) is 3.44. The van der Waals surface area contributed by atoms with Crippen LogP contribution in [0.25, 0.3) is 5.76 Å². The molecule has 4 rings (SSSR count). The van der Waals surface area contributed by atoms with Crippen LogP contribution in [-0.4, -0.2) is 31.7 Å². The minimum Gasteiger partial charge on any atom is -0.507 e. The van der Waals surface area contributed by atoms with Crippen LogP contribution in [0.2, 0.25) is 5.02 Å². The minimum absolute atomic E-state index is 0.0388. The van der Waals surface area contributed by atoms with Crippen LogP contribution in [0.5, 0.6) is 0 Å². The van der Waals surface area contributed by atoms with Gasteiger partial charge in [0.2, 0.25) is 5.95 Å². The highest BCUT2D eigenvalue weighted by Gasteiger charge is 2.48.